The lowest BCUT2D eigenvalue weighted by molar-refractivity contribution is 0.0594. The van der Waals surface area contributed by atoms with Gasteiger partial charge in [0.25, 0.3) is 0 Å². The molecule has 5 nitrogen and oxygen atoms in total. The predicted molar refractivity (Wildman–Crippen MR) is 72.2 cm³/mol. The molecule has 0 amide bonds. The zero-order valence-electron chi connectivity index (χ0n) is 11.1. The van der Waals surface area contributed by atoms with Crippen LogP contribution in [-0.2, 0) is 4.74 Å². The van der Waals surface area contributed by atoms with Crippen molar-refractivity contribution in [2.75, 3.05) is 32.1 Å². The first-order chi connectivity index (χ1) is 9.26. The van der Waals surface area contributed by atoms with Gasteiger partial charge in [-0.2, -0.15) is 0 Å². The lowest BCUT2D eigenvalue weighted by atomic mass is 9.84. The van der Waals surface area contributed by atoms with Crippen molar-refractivity contribution in [3.63, 3.8) is 0 Å². The number of piperidine rings is 3. The number of hydrogen-bond donors (Lipinski definition) is 1. The molecule has 5 heteroatoms. The van der Waals surface area contributed by atoms with Crippen LogP contribution in [0.5, 0.6) is 0 Å². The molecule has 3 saturated heterocycles. The Balaban J connectivity index is 1.71. The summed E-state index contributed by atoms with van der Waals surface area (Å²) in [6.07, 6.45) is 4.19. The van der Waals surface area contributed by atoms with E-state index in [2.05, 4.69) is 15.2 Å². The fraction of sp³-hybridized carbons (Fsp3) is 0.571. The van der Waals surface area contributed by atoms with Crippen LogP contribution in [0.2, 0.25) is 0 Å². The number of nitrogens with zero attached hydrogens (tertiary/aromatic N) is 2. The van der Waals surface area contributed by atoms with Crippen molar-refractivity contribution in [1.29, 1.82) is 0 Å². The van der Waals surface area contributed by atoms with E-state index in [1.165, 1.54) is 33.0 Å². The number of methoxy groups -OCH3 is 1. The molecule has 2 bridgehead atoms. The highest BCUT2D eigenvalue weighted by atomic mass is 16.5. The van der Waals surface area contributed by atoms with Crippen molar-refractivity contribution in [2.45, 2.75) is 18.9 Å². The van der Waals surface area contributed by atoms with Gasteiger partial charge in [0.1, 0.15) is 5.69 Å². The molecule has 19 heavy (non-hydrogen) atoms. The molecule has 1 N–H and O–H groups in total. The molecule has 0 aromatic carbocycles. The third kappa shape index (κ3) is 2.56. The molecule has 4 heterocycles. The summed E-state index contributed by atoms with van der Waals surface area (Å²) in [7, 11) is 1.37. The summed E-state index contributed by atoms with van der Waals surface area (Å²) in [6.45, 7) is 3.56. The number of esters is 1. The number of aromatic nitrogens is 1. The van der Waals surface area contributed by atoms with Crippen LogP contribution >= 0.6 is 0 Å². The lowest BCUT2D eigenvalue weighted by Gasteiger charge is -2.45. The zero-order chi connectivity index (χ0) is 13.2. The Morgan fingerprint density at radius 3 is 2.89 bits per heavy atom. The second-order valence-corrected chi connectivity index (χ2v) is 5.31. The van der Waals surface area contributed by atoms with E-state index in [4.69, 9.17) is 4.74 Å². The topological polar surface area (TPSA) is 54.5 Å². The lowest BCUT2D eigenvalue weighted by Crippen LogP contribution is -2.53. The number of ether oxygens (including phenoxy) is 1. The van der Waals surface area contributed by atoms with Crippen LogP contribution in [0.4, 0.5) is 5.69 Å². The second kappa shape index (κ2) is 5.17. The molecule has 0 spiro atoms. The number of carbonyl (C=O) groups excluding carboxylic acids is 1. The molecule has 4 rings (SSSR count). The Morgan fingerprint density at radius 2 is 2.26 bits per heavy atom. The fourth-order valence-electron chi connectivity index (χ4n) is 3.08. The highest BCUT2D eigenvalue weighted by Crippen LogP contribution is 2.29. The summed E-state index contributed by atoms with van der Waals surface area (Å²) in [5.74, 6) is 0.359. The maximum atomic E-state index is 11.5. The first-order valence-corrected chi connectivity index (χ1v) is 6.79. The summed E-state index contributed by atoms with van der Waals surface area (Å²) in [5, 5.41) is 3.54. The maximum Gasteiger partial charge on any atom is 0.356 e. The fourth-order valence-corrected chi connectivity index (χ4v) is 3.08. The second-order valence-electron chi connectivity index (χ2n) is 5.31. The number of nitrogens with one attached hydrogen (secondary N) is 1. The van der Waals surface area contributed by atoms with Gasteiger partial charge in [0.05, 0.1) is 7.11 Å². The smallest absolute Gasteiger partial charge is 0.356 e. The quantitative estimate of drug-likeness (QED) is 0.833. The van der Waals surface area contributed by atoms with Crippen molar-refractivity contribution >= 4 is 11.7 Å². The Labute approximate surface area is 113 Å². The first-order valence-electron chi connectivity index (χ1n) is 6.79. The van der Waals surface area contributed by atoms with Crippen molar-refractivity contribution in [2.24, 2.45) is 5.92 Å². The van der Waals surface area contributed by atoms with Crippen LogP contribution in [-0.4, -0.2) is 48.6 Å². The molecule has 0 aliphatic carbocycles. The van der Waals surface area contributed by atoms with Crippen LogP contribution in [0.3, 0.4) is 0 Å². The summed E-state index contributed by atoms with van der Waals surface area (Å²) >= 11 is 0. The van der Waals surface area contributed by atoms with Crippen LogP contribution in [0.15, 0.2) is 18.3 Å². The van der Waals surface area contributed by atoms with E-state index >= 15 is 0 Å². The normalized spacial score (nSPS) is 29.0. The van der Waals surface area contributed by atoms with Gasteiger partial charge in [0, 0.05) is 24.5 Å². The van der Waals surface area contributed by atoms with Gasteiger partial charge >= 0.3 is 5.97 Å². The van der Waals surface area contributed by atoms with E-state index in [-0.39, 0.29) is 0 Å². The van der Waals surface area contributed by atoms with Gasteiger partial charge in [-0.3, -0.25) is 0 Å². The average Bonchev–Trinajstić information content (AvgIpc) is 2.48. The zero-order valence-corrected chi connectivity index (χ0v) is 11.1. The minimum absolute atomic E-state index is 0.355. The number of anilines is 1. The van der Waals surface area contributed by atoms with Gasteiger partial charge in [-0.05, 0) is 44.0 Å². The van der Waals surface area contributed by atoms with Gasteiger partial charge in [-0.1, -0.05) is 0 Å². The van der Waals surface area contributed by atoms with Gasteiger partial charge in [0.2, 0.25) is 0 Å². The predicted octanol–water partition coefficient (Wildman–Crippen LogP) is 1.37. The van der Waals surface area contributed by atoms with E-state index in [1.807, 2.05) is 6.07 Å². The molecule has 0 radical (unpaired) electrons. The Morgan fingerprint density at radius 1 is 1.47 bits per heavy atom. The van der Waals surface area contributed by atoms with E-state index in [9.17, 15) is 4.79 Å². The number of pyridine rings is 1. The van der Waals surface area contributed by atoms with Gasteiger partial charge in [-0.25, -0.2) is 9.78 Å². The van der Waals surface area contributed by atoms with Crippen LogP contribution in [0.25, 0.3) is 0 Å². The molecular weight excluding hydrogens is 242 g/mol. The van der Waals surface area contributed by atoms with Crippen molar-refractivity contribution in [3.8, 4) is 0 Å². The number of rotatable bonds is 3. The minimum atomic E-state index is -0.391. The van der Waals surface area contributed by atoms with Crippen molar-refractivity contribution in [1.82, 2.24) is 9.88 Å². The summed E-state index contributed by atoms with van der Waals surface area (Å²) in [6, 6.07) is 4.16. The molecule has 1 aromatic rings. The molecule has 3 aliphatic rings. The summed E-state index contributed by atoms with van der Waals surface area (Å²) in [5.41, 5.74) is 1.31. The van der Waals surface area contributed by atoms with E-state index < -0.39 is 5.97 Å². The van der Waals surface area contributed by atoms with Crippen LogP contribution in [0.1, 0.15) is 23.3 Å². The Bertz CT molecular complexity index is 470. The monoisotopic (exact) mass is 261 g/mol. The number of hydrogen-bond acceptors (Lipinski definition) is 5. The van der Waals surface area contributed by atoms with Gasteiger partial charge in [0.15, 0.2) is 0 Å². The highest BCUT2D eigenvalue weighted by Gasteiger charge is 2.33. The average molecular weight is 261 g/mol. The number of fused-ring (bicyclic) bond motifs is 3. The minimum Gasteiger partial charge on any atom is -0.464 e. The SMILES string of the molecule is COC(=O)c1cc(NC2CN3CCC2CC3)ccn1. The van der Waals surface area contributed by atoms with E-state index in [1.54, 1.807) is 12.3 Å². The first kappa shape index (κ1) is 12.4. The van der Waals surface area contributed by atoms with Crippen LogP contribution in [0, 0.1) is 5.92 Å². The molecule has 1 aromatic heterocycles. The molecule has 102 valence electrons. The molecular formula is C14H19N3O2. The van der Waals surface area contributed by atoms with Crippen molar-refractivity contribution in [3.05, 3.63) is 24.0 Å². The molecule has 1 unspecified atom stereocenters. The Kier molecular flexibility index (Phi) is 3.38. The standard InChI is InChI=1S/C14H19N3O2/c1-19-14(18)12-8-11(2-5-15-12)16-13-9-17-6-3-10(13)4-7-17/h2,5,8,10,13H,3-4,6-7,9H2,1H3,(H,15,16). The molecule has 3 aliphatic heterocycles. The summed E-state index contributed by atoms with van der Waals surface area (Å²) < 4.78 is 4.69. The van der Waals surface area contributed by atoms with Crippen molar-refractivity contribution < 1.29 is 9.53 Å². The molecule has 1 atom stereocenters. The van der Waals surface area contributed by atoms with Gasteiger partial charge < -0.3 is 15.0 Å². The van der Waals surface area contributed by atoms with Gasteiger partial charge in [-0.15, -0.1) is 0 Å². The number of carbonyl (C=O) groups is 1. The summed E-state index contributed by atoms with van der Waals surface area (Å²) in [4.78, 5) is 18.0. The van der Waals surface area contributed by atoms with E-state index in [0.29, 0.717) is 11.7 Å². The third-order valence-electron chi connectivity index (χ3n) is 4.16. The van der Waals surface area contributed by atoms with Crippen LogP contribution < -0.4 is 5.32 Å². The molecule has 3 fully saturated rings. The highest BCUT2D eigenvalue weighted by molar-refractivity contribution is 5.88. The molecule has 0 saturated carbocycles. The Hall–Kier alpha value is -1.62. The van der Waals surface area contributed by atoms with E-state index in [0.717, 1.165) is 18.2 Å². The third-order valence-corrected chi connectivity index (χ3v) is 4.16. The largest absolute Gasteiger partial charge is 0.464 e. The maximum absolute atomic E-state index is 11.5.